The summed E-state index contributed by atoms with van der Waals surface area (Å²) in [7, 11) is 1.55. The molecule has 4 aliphatic carbocycles. The fraction of sp³-hybridized carbons (Fsp3) is 0.957. The van der Waals surface area contributed by atoms with Crippen molar-refractivity contribution in [3.8, 4) is 0 Å². The summed E-state index contributed by atoms with van der Waals surface area (Å²) in [6, 6.07) is 0. The highest BCUT2D eigenvalue weighted by molar-refractivity contribution is 5.26. The van der Waals surface area contributed by atoms with Gasteiger partial charge in [0.2, 0.25) is 0 Å². The second-order valence-electron chi connectivity index (χ2n) is 20.9. The summed E-state index contributed by atoms with van der Waals surface area (Å²) in [6.45, 7) is 11.1. The fourth-order valence-electron chi connectivity index (χ4n) is 13.6. The van der Waals surface area contributed by atoms with Gasteiger partial charge in [-0.25, -0.2) is 0 Å². The smallest absolute Gasteiger partial charge is 0.187 e. The molecule has 368 valence electrons. The van der Waals surface area contributed by atoms with Crippen LogP contribution < -0.4 is 0 Å². The summed E-state index contributed by atoms with van der Waals surface area (Å²) in [6.07, 6.45) is -11.6. The summed E-state index contributed by atoms with van der Waals surface area (Å²) >= 11 is 0. The van der Waals surface area contributed by atoms with Crippen molar-refractivity contribution >= 4 is 0 Å². The average molecular weight is 917 g/mol. The molecule has 0 unspecified atom stereocenters. The number of methoxy groups -OCH3 is 1. The van der Waals surface area contributed by atoms with E-state index in [4.69, 9.17) is 42.6 Å². The van der Waals surface area contributed by atoms with E-state index in [-0.39, 0.29) is 35.2 Å². The molecular weight excluding hydrogens is 840 g/mol. The monoisotopic (exact) mass is 917 g/mol. The number of hydrogen-bond donors (Lipinski definition) is 9. The Morgan fingerprint density at radius 3 is 2.09 bits per heavy atom. The van der Waals surface area contributed by atoms with Gasteiger partial charge in [-0.1, -0.05) is 25.5 Å². The molecule has 8 aliphatic rings. The van der Waals surface area contributed by atoms with Gasteiger partial charge in [-0.2, -0.15) is 0 Å². The van der Waals surface area contributed by atoms with Crippen molar-refractivity contribution in [1.29, 1.82) is 0 Å². The molecule has 0 bridgehead atoms. The molecule has 64 heavy (non-hydrogen) atoms. The number of allylic oxidation sites excluding steroid dienone is 1. The van der Waals surface area contributed by atoms with E-state index >= 15 is 0 Å². The Balaban J connectivity index is 0.892. The molecule has 0 aromatic heterocycles. The van der Waals surface area contributed by atoms with Crippen molar-refractivity contribution in [3.05, 3.63) is 11.6 Å². The molecule has 18 nitrogen and oxygen atoms in total. The SMILES string of the molecule is CO[C@H]1C[C@H](O[C@H]2[C@@H](O)C[C@H](O[C@H]3CC[C@@]4(C)C(=CC[C@H]5[C@@H]6C[C@@H](O)[C@H]([C@H](C)O[C@@H]7O[C@H](C)[C@@H](O)[C@H](O)[C@H]7O[C@@H]7O[C@H](CO)[C@@H](O)[C@H](O)[C@H]7O)[C@@]6(C)CC[C@@H]54)C3)O[C@@H]2C)O[C@H](C)[C@H]1O. The molecule has 18 heteroatoms. The number of rotatable bonds is 11. The summed E-state index contributed by atoms with van der Waals surface area (Å²) in [5.41, 5.74) is 1.08. The molecule has 7 fully saturated rings. The van der Waals surface area contributed by atoms with Gasteiger partial charge in [0.1, 0.15) is 54.9 Å². The fourth-order valence-corrected chi connectivity index (χ4v) is 13.6. The lowest BCUT2D eigenvalue weighted by molar-refractivity contribution is -0.371. The van der Waals surface area contributed by atoms with Gasteiger partial charge in [-0.15, -0.1) is 0 Å². The molecular formula is C46H76O18. The van der Waals surface area contributed by atoms with Gasteiger partial charge < -0.3 is 88.6 Å². The van der Waals surface area contributed by atoms with Crippen LogP contribution in [-0.2, 0) is 42.6 Å². The Morgan fingerprint density at radius 2 is 1.39 bits per heavy atom. The first-order valence-electron chi connectivity index (χ1n) is 23.8. The van der Waals surface area contributed by atoms with Gasteiger partial charge in [-0.05, 0) is 101 Å². The highest BCUT2D eigenvalue weighted by Gasteiger charge is 2.63. The quantitative estimate of drug-likeness (QED) is 0.127. The van der Waals surface area contributed by atoms with Gasteiger partial charge in [0.25, 0.3) is 0 Å². The Labute approximate surface area is 376 Å². The van der Waals surface area contributed by atoms with Crippen LogP contribution >= 0.6 is 0 Å². The van der Waals surface area contributed by atoms with Crippen LogP contribution in [0.4, 0.5) is 0 Å². The van der Waals surface area contributed by atoms with E-state index in [1.54, 1.807) is 21.0 Å². The maximum absolute atomic E-state index is 11.9. The molecule has 0 aromatic carbocycles. The van der Waals surface area contributed by atoms with Gasteiger partial charge in [0, 0.05) is 25.9 Å². The van der Waals surface area contributed by atoms with Crippen LogP contribution in [0.25, 0.3) is 0 Å². The lowest BCUT2D eigenvalue weighted by Crippen LogP contribution is -2.64. The Bertz CT molecular complexity index is 1590. The summed E-state index contributed by atoms with van der Waals surface area (Å²) in [5.74, 6) is 0.666. The largest absolute Gasteiger partial charge is 0.394 e. The molecule has 8 rings (SSSR count). The third kappa shape index (κ3) is 9.03. The molecule has 4 heterocycles. The predicted molar refractivity (Wildman–Crippen MR) is 223 cm³/mol. The van der Waals surface area contributed by atoms with Crippen LogP contribution in [0.2, 0.25) is 0 Å². The number of fused-ring (bicyclic) bond motifs is 5. The molecule has 27 atom stereocenters. The standard InChI is InChI=1S/C46H76O18/c1-19(59-44-42(39(54)36(51)21(3)60-44)64-43-40(55)38(53)37(52)31(18-47)62-43)34-28(48)15-27-25-9-8-23-14-24(10-12-45(23,5)26(25)11-13-46(27,34)6)61-32-16-29(49)41(22(4)58-32)63-33-17-30(56-7)35(50)20(2)57-33/h8,19-22,24-44,47-55H,9-18H2,1-7H3/t19-,20+,21+,22+,24-,25+,26-,27-,28+,29-,30-,31+,32-,33-,34-,35+,36+,37+,38-,39-,40+,41+,42+,43-,44+,45-,46-/m0/s1. The first-order chi connectivity index (χ1) is 30.3. The zero-order chi connectivity index (χ0) is 46.2. The molecule has 0 spiro atoms. The van der Waals surface area contributed by atoms with Crippen LogP contribution in [0.15, 0.2) is 11.6 Å². The zero-order valence-corrected chi connectivity index (χ0v) is 38.3. The van der Waals surface area contributed by atoms with Gasteiger partial charge in [-0.3, -0.25) is 0 Å². The highest BCUT2D eigenvalue weighted by Crippen LogP contribution is 2.67. The third-order valence-corrected chi connectivity index (χ3v) is 17.2. The topological polar surface area (TPSA) is 265 Å². The van der Waals surface area contributed by atoms with Crippen molar-refractivity contribution in [3.63, 3.8) is 0 Å². The van der Waals surface area contributed by atoms with Crippen molar-refractivity contribution in [2.45, 2.75) is 228 Å². The number of aliphatic hydroxyl groups excluding tert-OH is 9. The maximum Gasteiger partial charge on any atom is 0.187 e. The molecule has 0 radical (unpaired) electrons. The molecule has 9 N–H and O–H groups in total. The van der Waals surface area contributed by atoms with Crippen LogP contribution in [0.1, 0.15) is 99.3 Å². The minimum Gasteiger partial charge on any atom is -0.394 e. The van der Waals surface area contributed by atoms with Gasteiger partial charge in [0.05, 0.1) is 55.4 Å². The van der Waals surface area contributed by atoms with E-state index in [0.717, 1.165) is 38.5 Å². The van der Waals surface area contributed by atoms with Crippen LogP contribution in [0.5, 0.6) is 0 Å². The summed E-state index contributed by atoms with van der Waals surface area (Å²) < 4.78 is 54.6. The van der Waals surface area contributed by atoms with Gasteiger partial charge in [0.15, 0.2) is 25.2 Å². The molecule has 0 aromatic rings. The summed E-state index contributed by atoms with van der Waals surface area (Å²) in [4.78, 5) is 0. The molecule has 4 aliphatic heterocycles. The van der Waals surface area contributed by atoms with E-state index in [1.165, 1.54) is 5.57 Å². The highest BCUT2D eigenvalue weighted by atomic mass is 16.8. The Morgan fingerprint density at radius 1 is 0.688 bits per heavy atom. The van der Waals surface area contributed by atoms with E-state index in [9.17, 15) is 46.0 Å². The van der Waals surface area contributed by atoms with Crippen molar-refractivity contribution in [2.24, 2.45) is 34.5 Å². The van der Waals surface area contributed by atoms with Crippen molar-refractivity contribution in [2.75, 3.05) is 13.7 Å². The van der Waals surface area contributed by atoms with Crippen LogP contribution in [0.3, 0.4) is 0 Å². The first kappa shape index (κ1) is 49.4. The van der Waals surface area contributed by atoms with E-state index in [0.29, 0.717) is 24.7 Å². The molecule has 3 saturated carbocycles. The third-order valence-electron chi connectivity index (χ3n) is 17.2. The Kier molecular flexibility index (Phi) is 15.0. The number of ether oxygens (including phenoxy) is 9. The zero-order valence-electron chi connectivity index (χ0n) is 38.3. The van der Waals surface area contributed by atoms with E-state index in [1.807, 2.05) is 13.8 Å². The lowest BCUT2D eigenvalue weighted by Gasteiger charge is -2.58. The van der Waals surface area contributed by atoms with Crippen LogP contribution in [-0.4, -0.2) is 189 Å². The number of hydrogen-bond acceptors (Lipinski definition) is 18. The van der Waals surface area contributed by atoms with E-state index < -0.39 is 129 Å². The predicted octanol–water partition coefficient (Wildman–Crippen LogP) is 0.370. The number of aliphatic hydroxyl groups is 9. The average Bonchev–Trinajstić information content (AvgIpc) is 3.53. The summed E-state index contributed by atoms with van der Waals surface area (Å²) in [5, 5.41) is 96.6. The van der Waals surface area contributed by atoms with Crippen molar-refractivity contribution < 1.29 is 88.6 Å². The minimum absolute atomic E-state index is 0.0305. The van der Waals surface area contributed by atoms with Crippen molar-refractivity contribution in [1.82, 2.24) is 0 Å². The molecule has 0 amide bonds. The molecule has 4 saturated heterocycles. The second-order valence-corrected chi connectivity index (χ2v) is 20.9. The normalized spacial score (nSPS) is 54.9. The van der Waals surface area contributed by atoms with E-state index in [2.05, 4.69) is 19.9 Å². The maximum atomic E-state index is 11.9. The minimum atomic E-state index is -1.74. The first-order valence-corrected chi connectivity index (χ1v) is 23.8. The van der Waals surface area contributed by atoms with Gasteiger partial charge >= 0.3 is 0 Å². The van der Waals surface area contributed by atoms with Crippen LogP contribution in [0, 0.1) is 34.5 Å². The lowest BCUT2D eigenvalue weighted by atomic mass is 9.47. The Hall–Kier alpha value is -0.980. The second kappa shape index (κ2) is 19.4.